The molecular weight excluding hydrogens is 306 g/mol. The van der Waals surface area contributed by atoms with Crippen molar-refractivity contribution in [2.24, 2.45) is 0 Å². The molecule has 0 radical (unpaired) electrons. The van der Waals surface area contributed by atoms with Gasteiger partial charge in [-0.1, -0.05) is 30.3 Å². The quantitative estimate of drug-likeness (QED) is 0.563. The number of carbonyl (C=O) groups excluding carboxylic acids is 1. The minimum atomic E-state index is -1.55. The number of aliphatic hydroxyl groups is 4. The first-order valence-corrected chi connectivity index (χ1v) is 7.19. The zero-order chi connectivity index (χ0) is 17.0. The van der Waals surface area contributed by atoms with Crippen LogP contribution in [0.5, 0.6) is 0 Å². The molecule has 128 valence electrons. The van der Waals surface area contributed by atoms with E-state index in [2.05, 4.69) is 0 Å². The Hall–Kier alpha value is -1.71. The van der Waals surface area contributed by atoms with Gasteiger partial charge in [0.2, 0.25) is 0 Å². The van der Waals surface area contributed by atoms with Gasteiger partial charge in [-0.15, -0.1) is 0 Å². The Kier molecular flexibility index (Phi) is 5.91. The Morgan fingerprint density at radius 1 is 1.17 bits per heavy atom. The molecule has 0 aromatic heterocycles. The first kappa shape index (κ1) is 17.6. The highest BCUT2D eigenvalue weighted by Gasteiger charge is 2.46. The summed E-state index contributed by atoms with van der Waals surface area (Å²) in [4.78, 5) is 13.0. The lowest BCUT2D eigenvalue weighted by Gasteiger charge is -2.42. The molecular formula is C15H21NO7. The molecule has 4 N–H and O–H groups in total. The van der Waals surface area contributed by atoms with Crippen LogP contribution in [0.3, 0.4) is 0 Å². The number of hydrogen-bond donors (Lipinski definition) is 4. The fraction of sp³-hybridized carbons (Fsp3) is 0.533. The van der Waals surface area contributed by atoms with E-state index in [1.807, 2.05) is 18.2 Å². The number of amides is 1. The third-order valence-electron chi connectivity index (χ3n) is 3.74. The zero-order valence-electron chi connectivity index (χ0n) is 12.6. The van der Waals surface area contributed by atoms with Crippen LogP contribution in [0.25, 0.3) is 0 Å². The first-order chi connectivity index (χ1) is 11.0. The second kappa shape index (κ2) is 7.71. The van der Waals surface area contributed by atoms with Crippen LogP contribution in [0.2, 0.25) is 0 Å². The van der Waals surface area contributed by atoms with Gasteiger partial charge >= 0.3 is 6.09 Å². The Bertz CT molecular complexity index is 510. The Balaban J connectivity index is 1.97. The molecule has 8 nitrogen and oxygen atoms in total. The van der Waals surface area contributed by atoms with E-state index in [1.165, 1.54) is 7.05 Å². The number of carbonyl (C=O) groups is 1. The Morgan fingerprint density at radius 3 is 2.43 bits per heavy atom. The van der Waals surface area contributed by atoms with Crippen LogP contribution in [0, 0.1) is 0 Å². The van der Waals surface area contributed by atoms with E-state index in [0.29, 0.717) is 0 Å². The maximum absolute atomic E-state index is 12.1. The topological polar surface area (TPSA) is 120 Å². The molecule has 0 saturated carbocycles. The third-order valence-corrected chi connectivity index (χ3v) is 3.74. The molecule has 8 heteroatoms. The van der Waals surface area contributed by atoms with Crippen LogP contribution in [0.1, 0.15) is 5.56 Å². The predicted molar refractivity (Wildman–Crippen MR) is 78.2 cm³/mol. The van der Waals surface area contributed by atoms with Gasteiger partial charge in [-0.25, -0.2) is 4.79 Å². The molecule has 1 fully saturated rings. The van der Waals surface area contributed by atoms with Crippen molar-refractivity contribution >= 4 is 6.09 Å². The first-order valence-electron chi connectivity index (χ1n) is 7.19. The SMILES string of the molecule is CN(C(=O)OCc1ccccc1)[C@@H]1O[C@H](CO)[C@@H](O)[C@H](O)[C@H]1O. The van der Waals surface area contributed by atoms with Crippen molar-refractivity contribution in [2.45, 2.75) is 37.3 Å². The summed E-state index contributed by atoms with van der Waals surface area (Å²) in [6.45, 7) is -0.518. The number of likely N-dealkylation sites (N-methyl/N-ethyl adjacent to an activating group) is 1. The van der Waals surface area contributed by atoms with Gasteiger partial charge < -0.3 is 29.9 Å². The maximum atomic E-state index is 12.1. The van der Waals surface area contributed by atoms with Crippen LogP contribution in [0.15, 0.2) is 30.3 Å². The molecule has 0 bridgehead atoms. The molecule has 0 aliphatic carbocycles. The van der Waals surface area contributed by atoms with Crippen LogP contribution < -0.4 is 0 Å². The lowest BCUT2D eigenvalue weighted by atomic mass is 9.98. The standard InChI is InChI=1S/C15H21NO7/c1-16(15(21)22-8-9-5-3-2-4-6-9)14-13(20)12(19)11(18)10(7-17)23-14/h2-6,10-14,17-20H,7-8H2,1H3/t10-,11-,12+,13-,14-/m1/s1. The Morgan fingerprint density at radius 2 is 1.83 bits per heavy atom. The summed E-state index contributed by atoms with van der Waals surface area (Å²) in [6.07, 6.45) is -7.63. The van der Waals surface area contributed by atoms with Gasteiger partial charge in [-0.2, -0.15) is 0 Å². The maximum Gasteiger partial charge on any atom is 0.411 e. The van der Waals surface area contributed by atoms with E-state index in [-0.39, 0.29) is 6.61 Å². The number of benzene rings is 1. The van der Waals surface area contributed by atoms with E-state index >= 15 is 0 Å². The van der Waals surface area contributed by atoms with E-state index in [4.69, 9.17) is 14.6 Å². The lowest BCUT2D eigenvalue weighted by Crippen LogP contribution is -2.63. The van der Waals surface area contributed by atoms with Crippen LogP contribution >= 0.6 is 0 Å². The van der Waals surface area contributed by atoms with Gasteiger partial charge in [-0.05, 0) is 5.56 Å². The van der Waals surface area contributed by atoms with Crippen molar-refractivity contribution in [1.82, 2.24) is 4.90 Å². The van der Waals surface area contributed by atoms with Gasteiger partial charge in [-0.3, -0.25) is 4.90 Å². The van der Waals surface area contributed by atoms with Crippen molar-refractivity contribution in [2.75, 3.05) is 13.7 Å². The molecule has 23 heavy (non-hydrogen) atoms. The second-order valence-electron chi connectivity index (χ2n) is 5.37. The zero-order valence-corrected chi connectivity index (χ0v) is 12.6. The normalized spacial score (nSPS) is 30.7. The lowest BCUT2D eigenvalue weighted by molar-refractivity contribution is -0.256. The molecule has 1 aliphatic rings. The fourth-order valence-corrected chi connectivity index (χ4v) is 2.33. The molecule has 1 saturated heterocycles. The summed E-state index contributed by atoms with van der Waals surface area (Å²) in [5, 5.41) is 38.6. The number of hydrogen-bond acceptors (Lipinski definition) is 7. The summed E-state index contributed by atoms with van der Waals surface area (Å²) in [5.74, 6) is 0. The summed E-state index contributed by atoms with van der Waals surface area (Å²) >= 11 is 0. The van der Waals surface area contributed by atoms with Gasteiger partial charge in [0.1, 0.15) is 31.0 Å². The van der Waals surface area contributed by atoms with E-state index in [0.717, 1.165) is 10.5 Å². The predicted octanol–water partition coefficient (Wildman–Crippen LogP) is -0.945. The van der Waals surface area contributed by atoms with Gasteiger partial charge in [0.05, 0.1) is 6.61 Å². The average molecular weight is 327 g/mol. The molecule has 1 aliphatic heterocycles. The molecule has 5 atom stereocenters. The van der Waals surface area contributed by atoms with Gasteiger partial charge in [0.15, 0.2) is 6.23 Å². The number of aliphatic hydroxyl groups excluding tert-OH is 4. The summed E-state index contributed by atoms with van der Waals surface area (Å²) < 4.78 is 10.4. The van der Waals surface area contributed by atoms with Crippen molar-refractivity contribution < 1.29 is 34.7 Å². The van der Waals surface area contributed by atoms with Crippen LogP contribution in [-0.4, -0.2) is 75.7 Å². The van der Waals surface area contributed by atoms with Crippen LogP contribution in [0.4, 0.5) is 4.79 Å². The van der Waals surface area contributed by atoms with E-state index in [9.17, 15) is 20.1 Å². The summed E-state index contributed by atoms with van der Waals surface area (Å²) in [6, 6.07) is 9.04. The van der Waals surface area contributed by atoms with Crippen molar-refractivity contribution in [3.8, 4) is 0 Å². The van der Waals surface area contributed by atoms with Gasteiger partial charge in [0, 0.05) is 7.05 Å². The molecule has 2 rings (SSSR count). The summed E-state index contributed by atoms with van der Waals surface area (Å²) in [7, 11) is 1.33. The molecule has 1 aromatic rings. The Labute approximate surface area is 133 Å². The monoisotopic (exact) mass is 327 g/mol. The molecule has 0 unspecified atom stereocenters. The van der Waals surface area contributed by atoms with Gasteiger partial charge in [0.25, 0.3) is 0 Å². The number of ether oxygens (including phenoxy) is 2. The molecule has 0 spiro atoms. The molecule has 1 amide bonds. The fourth-order valence-electron chi connectivity index (χ4n) is 2.33. The molecule has 1 aromatic carbocycles. The van der Waals surface area contributed by atoms with Crippen molar-refractivity contribution in [3.05, 3.63) is 35.9 Å². The number of nitrogens with zero attached hydrogens (tertiary/aromatic N) is 1. The average Bonchev–Trinajstić information content (AvgIpc) is 2.58. The highest BCUT2D eigenvalue weighted by atomic mass is 16.6. The smallest absolute Gasteiger partial charge is 0.411 e. The van der Waals surface area contributed by atoms with Crippen molar-refractivity contribution in [1.29, 1.82) is 0 Å². The largest absolute Gasteiger partial charge is 0.444 e. The van der Waals surface area contributed by atoms with Crippen LogP contribution in [-0.2, 0) is 16.1 Å². The third kappa shape index (κ3) is 3.98. The minimum Gasteiger partial charge on any atom is -0.444 e. The highest BCUT2D eigenvalue weighted by molar-refractivity contribution is 5.67. The van der Waals surface area contributed by atoms with E-state index in [1.54, 1.807) is 12.1 Å². The second-order valence-corrected chi connectivity index (χ2v) is 5.37. The van der Waals surface area contributed by atoms with E-state index < -0.39 is 43.3 Å². The molecule has 1 heterocycles. The summed E-state index contributed by atoms with van der Waals surface area (Å²) in [5.41, 5.74) is 0.794. The van der Waals surface area contributed by atoms with Crippen molar-refractivity contribution in [3.63, 3.8) is 0 Å². The number of rotatable bonds is 4. The highest BCUT2D eigenvalue weighted by Crippen LogP contribution is 2.23. The minimum absolute atomic E-state index is 0.0431.